The molecule has 0 unspecified atom stereocenters. The molecule has 0 bridgehead atoms. The molecule has 1 aromatic heterocycles. The molecular formula is C15H10Cl2NO4-. The molecule has 0 atom stereocenters. The second-order valence-electron chi connectivity index (χ2n) is 4.33. The Kier molecular flexibility index (Phi) is 5.35. The number of carboxylic acids is 1. The first-order valence-corrected chi connectivity index (χ1v) is 7.03. The van der Waals surface area contributed by atoms with Crippen molar-refractivity contribution in [3.63, 3.8) is 0 Å². The fraction of sp³-hybridized carbons (Fsp3) is 0.133. The van der Waals surface area contributed by atoms with Gasteiger partial charge in [0.25, 0.3) is 0 Å². The highest BCUT2D eigenvalue weighted by Crippen LogP contribution is 2.27. The van der Waals surface area contributed by atoms with Gasteiger partial charge in [-0.15, -0.1) is 0 Å². The summed E-state index contributed by atoms with van der Waals surface area (Å²) in [5, 5.41) is 11.7. The van der Waals surface area contributed by atoms with Crippen LogP contribution in [0, 0.1) is 0 Å². The third kappa shape index (κ3) is 3.96. The van der Waals surface area contributed by atoms with Crippen molar-refractivity contribution in [1.29, 1.82) is 0 Å². The second kappa shape index (κ2) is 7.24. The molecule has 1 heterocycles. The lowest BCUT2D eigenvalue weighted by atomic mass is 10.0. The van der Waals surface area contributed by atoms with Crippen molar-refractivity contribution in [3.8, 4) is 0 Å². The van der Waals surface area contributed by atoms with Crippen molar-refractivity contribution >= 4 is 41.0 Å². The number of oxazole rings is 1. The number of carboxylic acid groups (broad SMARTS) is 1. The Balaban J connectivity index is 2.24. The molecule has 7 heteroatoms. The molecule has 0 spiro atoms. The molecule has 0 saturated carbocycles. The van der Waals surface area contributed by atoms with E-state index in [0.29, 0.717) is 5.89 Å². The summed E-state index contributed by atoms with van der Waals surface area (Å²) in [5.41, 5.74) is -0.240. The maximum absolute atomic E-state index is 12.1. The summed E-state index contributed by atoms with van der Waals surface area (Å²) in [7, 11) is 0. The van der Waals surface area contributed by atoms with Gasteiger partial charge < -0.3 is 14.3 Å². The number of hydrogen-bond donors (Lipinski definition) is 0. The van der Waals surface area contributed by atoms with Crippen LogP contribution >= 0.6 is 23.2 Å². The molecule has 2 aromatic rings. The molecule has 0 radical (unpaired) electrons. The number of hydrogen-bond acceptors (Lipinski definition) is 5. The summed E-state index contributed by atoms with van der Waals surface area (Å²) >= 11 is 11.9. The number of aryl methyl sites for hydroxylation is 1. The lowest BCUT2D eigenvalue weighted by Gasteiger charge is -2.09. The summed E-state index contributed by atoms with van der Waals surface area (Å²) in [6, 6.07) is 4.71. The van der Waals surface area contributed by atoms with E-state index in [9.17, 15) is 14.7 Å². The van der Waals surface area contributed by atoms with Crippen LogP contribution in [0.1, 0.15) is 17.9 Å². The largest absolute Gasteiger partial charge is 0.545 e. The van der Waals surface area contributed by atoms with Gasteiger partial charge in [0.2, 0.25) is 0 Å². The highest BCUT2D eigenvalue weighted by atomic mass is 35.5. The van der Waals surface area contributed by atoms with Gasteiger partial charge in [-0.25, -0.2) is 4.98 Å². The Labute approximate surface area is 136 Å². The first kappa shape index (κ1) is 16.3. The van der Waals surface area contributed by atoms with Gasteiger partial charge in [-0.1, -0.05) is 29.3 Å². The van der Waals surface area contributed by atoms with E-state index in [2.05, 4.69) is 4.98 Å². The van der Waals surface area contributed by atoms with Crippen molar-refractivity contribution in [2.24, 2.45) is 0 Å². The van der Waals surface area contributed by atoms with E-state index in [1.54, 1.807) is 18.2 Å². The molecule has 0 aliphatic carbocycles. The van der Waals surface area contributed by atoms with Crippen molar-refractivity contribution in [2.75, 3.05) is 0 Å². The number of nitrogens with zero attached hydrogens (tertiary/aromatic N) is 1. The molecular weight excluding hydrogens is 329 g/mol. The van der Waals surface area contributed by atoms with Gasteiger partial charge in [0.15, 0.2) is 11.7 Å². The highest BCUT2D eigenvalue weighted by Gasteiger charge is 2.14. The molecule has 1 aromatic carbocycles. The molecule has 0 fully saturated rings. The molecule has 114 valence electrons. The number of ketones is 1. The van der Waals surface area contributed by atoms with Gasteiger partial charge >= 0.3 is 0 Å². The van der Waals surface area contributed by atoms with Crippen LogP contribution in [0.4, 0.5) is 0 Å². The van der Waals surface area contributed by atoms with E-state index < -0.39 is 17.3 Å². The van der Waals surface area contributed by atoms with Gasteiger partial charge in [0.1, 0.15) is 6.26 Å². The number of aliphatic carboxylic acids is 1. The van der Waals surface area contributed by atoms with Crippen LogP contribution in [-0.2, 0) is 16.0 Å². The molecule has 0 amide bonds. The summed E-state index contributed by atoms with van der Waals surface area (Å²) in [5.74, 6) is -1.86. The van der Waals surface area contributed by atoms with E-state index in [0.717, 1.165) is 6.08 Å². The number of benzene rings is 1. The van der Waals surface area contributed by atoms with E-state index in [4.69, 9.17) is 27.6 Å². The first-order valence-electron chi connectivity index (χ1n) is 6.27. The fourth-order valence-corrected chi connectivity index (χ4v) is 2.28. The monoisotopic (exact) mass is 338 g/mol. The van der Waals surface area contributed by atoms with Crippen molar-refractivity contribution < 1.29 is 19.1 Å². The molecule has 0 aliphatic rings. The highest BCUT2D eigenvalue weighted by molar-refractivity contribution is 6.37. The summed E-state index contributed by atoms with van der Waals surface area (Å²) < 4.78 is 4.99. The van der Waals surface area contributed by atoms with E-state index >= 15 is 0 Å². The minimum atomic E-state index is -1.59. The van der Waals surface area contributed by atoms with E-state index in [1.807, 2.05) is 0 Å². The van der Waals surface area contributed by atoms with Crippen LogP contribution in [0.15, 0.2) is 40.6 Å². The third-order valence-electron chi connectivity index (χ3n) is 2.86. The Morgan fingerprint density at radius 1 is 1.27 bits per heavy atom. The van der Waals surface area contributed by atoms with Crippen LogP contribution in [-0.4, -0.2) is 16.7 Å². The van der Waals surface area contributed by atoms with Crippen molar-refractivity contribution in [3.05, 3.63) is 57.7 Å². The zero-order valence-electron chi connectivity index (χ0n) is 11.2. The first-order chi connectivity index (χ1) is 10.5. The predicted octanol–water partition coefficient (Wildman–Crippen LogP) is 2.32. The summed E-state index contributed by atoms with van der Waals surface area (Å²) in [6.45, 7) is 0. The molecule has 0 saturated heterocycles. The van der Waals surface area contributed by atoms with Crippen LogP contribution in [0.3, 0.4) is 0 Å². The quantitative estimate of drug-likeness (QED) is 0.458. The van der Waals surface area contributed by atoms with Gasteiger partial charge in [0, 0.05) is 34.0 Å². The smallest absolute Gasteiger partial charge is 0.194 e. The molecule has 5 nitrogen and oxygen atoms in total. The standard InChI is InChI=1S/C15H11Cl2NO4/c16-11-2-1-3-12(17)9(11)8-10(15(20)21)13(19)4-5-14-18-6-7-22-14/h1-3,6-8H,4-5H2,(H,20,21)/p-1/b10-8+. The van der Waals surface area contributed by atoms with Gasteiger partial charge in [0.05, 0.1) is 12.2 Å². The predicted molar refractivity (Wildman–Crippen MR) is 79.3 cm³/mol. The Morgan fingerprint density at radius 3 is 2.50 bits per heavy atom. The van der Waals surface area contributed by atoms with Gasteiger partial charge in [-0.3, -0.25) is 4.79 Å². The SMILES string of the molecule is O=C([O-])/C(=C/c1c(Cl)cccc1Cl)C(=O)CCc1ncco1. The summed E-state index contributed by atoms with van der Waals surface area (Å²) in [4.78, 5) is 27.1. The number of carbonyl (C=O) groups excluding carboxylic acids is 2. The normalized spacial score (nSPS) is 11.5. The minimum absolute atomic E-state index is 0.0810. The maximum Gasteiger partial charge on any atom is 0.194 e. The van der Waals surface area contributed by atoms with Gasteiger partial charge in [-0.2, -0.15) is 0 Å². The maximum atomic E-state index is 12.1. The molecule has 0 N–H and O–H groups in total. The molecule has 22 heavy (non-hydrogen) atoms. The molecule has 0 aliphatic heterocycles. The molecule has 2 rings (SSSR count). The second-order valence-corrected chi connectivity index (χ2v) is 5.14. The Morgan fingerprint density at radius 2 is 1.95 bits per heavy atom. The lowest BCUT2D eigenvalue weighted by Crippen LogP contribution is -2.28. The van der Waals surface area contributed by atoms with Crippen molar-refractivity contribution in [1.82, 2.24) is 4.98 Å². The topological polar surface area (TPSA) is 83.2 Å². The van der Waals surface area contributed by atoms with Crippen LogP contribution in [0.2, 0.25) is 10.0 Å². The number of aromatic nitrogens is 1. The van der Waals surface area contributed by atoms with E-state index in [1.165, 1.54) is 12.5 Å². The van der Waals surface area contributed by atoms with Crippen molar-refractivity contribution in [2.45, 2.75) is 12.8 Å². The number of halogens is 2. The zero-order chi connectivity index (χ0) is 16.1. The number of rotatable bonds is 6. The van der Waals surface area contributed by atoms with Crippen LogP contribution in [0.5, 0.6) is 0 Å². The summed E-state index contributed by atoms with van der Waals surface area (Å²) in [6.07, 6.45) is 4.05. The Hall–Kier alpha value is -2.11. The third-order valence-corrected chi connectivity index (χ3v) is 3.52. The average molecular weight is 339 g/mol. The van der Waals surface area contributed by atoms with Crippen LogP contribution in [0.25, 0.3) is 6.08 Å². The number of Topliss-reactive ketones (excluding diaryl/α,β-unsaturated/α-hetero) is 1. The minimum Gasteiger partial charge on any atom is -0.545 e. The van der Waals surface area contributed by atoms with Crippen LogP contribution < -0.4 is 5.11 Å². The Bertz CT molecular complexity index is 703. The van der Waals surface area contributed by atoms with Gasteiger partial charge in [-0.05, 0) is 18.2 Å². The average Bonchev–Trinajstić information content (AvgIpc) is 2.97. The number of carbonyl (C=O) groups is 2. The zero-order valence-corrected chi connectivity index (χ0v) is 12.7. The van der Waals surface area contributed by atoms with E-state index in [-0.39, 0.29) is 28.5 Å². The lowest BCUT2D eigenvalue weighted by molar-refractivity contribution is -0.298. The fourth-order valence-electron chi connectivity index (χ4n) is 1.78.